The second-order valence-electron chi connectivity index (χ2n) is 11.5. The zero-order valence-corrected chi connectivity index (χ0v) is 25.6. The minimum Gasteiger partial charge on any atom is -0.368 e. The summed E-state index contributed by atoms with van der Waals surface area (Å²) in [5.41, 5.74) is 7.40. The number of amides is 4. The highest BCUT2D eigenvalue weighted by Gasteiger charge is 2.43. The van der Waals surface area contributed by atoms with Crippen molar-refractivity contribution in [1.82, 2.24) is 25.3 Å². The van der Waals surface area contributed by atoms with Crippen LogP contribution in [0.25, 0.3) is 10.8 Å². The lowest BCUT2D eigenvalue weighted by atomic mass is 9.96. The second kappa shape index (κ2) is 14.2. The molecule has 2 aliphatic rings. The van der Waals surface area contributed by atoms with Crippen molar-refractivity contribution in [2.75, 3.05) is 45.8 Å². The first-order valence-electron chi connectivity index (χ1n) is 15.1. The van der Waals surface area contributed by atoms with Gasteiger partial charge in [0.15, 0.2) is 0 Å². The number of carbonyl (C=O) groups excluding carboxylic acids is 4. The third-order valence-corrected chi connectivity index (χ3v) is 8.76. The van der Waals surface area contributed by atoms with Crippen LogP contribution in [0, 0.1) is 0 Å². The molecule has 3 unspecified atom stereocenters. The SMILES string of the molecule is CC1CCN(C(Cc2cccc3ccccc23)C(N)=O)C(=O)C(c2cccc(Cl)c2)N1C(=O)CNC(=O)CN1CCNCC1. The Morgan fingerprint density at radius 3 is 2.50 bits per heavy atom. The molecule has 2 heterocycles. The maximum Gasteiger partial charge on any atom is 0.250 e. The van der Waals surface area contributed by atoms with E-state index < -0.39 is 29.8 Å². The Morgan fingerprint density at radius 1 is 1.02 bits per heavy atom. The Morgan fingerprint density at radius 2 is 1.75 bits per heavy atom. The van der Waals surface area contributed by atoms with E-state index in [-0.39, 0.29) is 38.0 Å². The summed E-state index contributed by atoms with van der Waals surface area (Å²) in [4.78, 5) is 59.1. The van der Waals surface area contributed by atoms with Crippen LogP contribution in [0.5, 0.6) is 0 Å². The lowest BCUT2D eigenvalue weighted by Gasteiger charge is -2.36. The van der Waals surface area contributed by atoms with Gasteiger partial charge in [-0.3, -0.25) is 24.1 Å². The molecule has 4 amide bonds. The van der Waals surface area contributed by atoms with Crippen LogP contribution in [0.3, 0.4) is 0 Å². The molecule has 11 heteroatoms. The molecule has 0 spiro atoms. The number of piperazine rings is 1. The Bertz CT molecular complexity index is 1520. The fourth-order valence-corrected chi connectivity index (χ4v) is 6.42. The van der Waals surface area contributed by atoms with Crippen molar-refractivity contribution < 1.29 is 19.2 Å². The Kier molecular flexibility index (Phi) is 10.1. The summed E-state index contributed by atoms with van der Waals surface area (Å²) in [5.74, 6) is -1.68. The lowest BCUT2D eigenvalue weighted by molar-refractivity contribution is -0.148. The van der Waals surface area contributed by atoms with Crippen LogP contribution in [0.15, 0.2) is 66.7 Å². The average Bonchev–Trinajstić information content (AvgIpc) is 3.14. The molecule has 3 atom stereocenters. The lowest BCUT2D eigenvalue weighted by Crippen LogP contribution is -2.53. The third-order valence-electron chi connectivity index (χ3n) is 8.52. The average molecular weight is 619 g/mol. The molecule has 0 saturated carbocycles. The number of nitrogens with zero attached hydrogens (tertiary/aromatic N) is 3. The summed E-state index contributed by atoms with van der Waals surface area (Å²) in [6.45, 7) is 5.18. The van der Waals surface area contributed by atoms with E-state index in [1.807, 2.05) is 54.3 Å². The van der Waals surface area contributed by atoms with Gasteiger partial charge in [0.25, 0.3) is 5.91 Å². The van der Waals surface area contributed by atoms with E-state index in [4.69, 9.17) is 17.3 Å². The minimum atomic E-state index is -1.06. The first-order chi connectivity index (χ1) is 21.2. The highest BCUT2D eigenvalue weighted by molar-refractivity contribution is 6.30. The van der Waals surface area contributed by atoms with Crippen LogP contribution < -0.4 is 16.4 Å². The molecule has 232 valence electrons. The van der Waals surface area contributed by atoms with Gasteiger partial charge in [-0.1, -0.05) is 66.2 Å². The summed E-state index contributed by atoms with van der Waals surface area (Å²) in [5, 5.41) is 8.42. The van der Waals surface area contributed by atoms with Crippen molar-refractivity contribution in [2.24, 2.45) is 5.73 Å². The van der Waals surface area contributed by atoms with Crippen LogP contribution in [-0.4, -0.2) is 96.2 Å². The van der Waals surface area contributed by atoms with Gasteiger partial charge < -0.3 is 26.2 Å². The molecule has 2 saturated heterocycles. The standard InChI is InChI=1S/C33H39ClN6O4/c1-22-12-15-39(28(32(35)43)19-24-8-4-7-23-6-2-3-11-27(23)24)33(44)31(25-9-5-10-26(34)18-25)40(22)30(42)20-37-29(41)21-38-16-13-36-14-17-38/h2-11,18,22,28,31,36H,12-17,19-21H2,1H3,(H2,35,43)(H,37,41). The van der Waals surface area contributed by atoms with Gasteiger partial charge in [-0.25, -0.2) is 0 Å². The summed E-state index contributed by atoms with van der Waals surface area (Å²) in [6.07, 6.45) is 0.650. The van der Waals surface area contributed by atoms with Crippen LogP contribution in [-0.2, 0) is 25.6 Å². The van der Waals surface area contributed by atoms with Gasteiger partial charge in [0.05, 0.1) is 13.1 Å². The molecule has 2 aliphatic heterocycles. The Balaban J connectivity index is 1.42. The first-order valence-corrected chi connectivity index (χ1v) is 15.4. The topological polar surface area (TPSA) is 128 Å². The largest absolute Gasteiger partial charge is 0.368 e. The summed E-state index contributed by atoms with van der Waals surface area (Å²) in [7, 11) is 0. The molecule has 3 aromatic carbocycles. The molecule has 0 radical (unpaired) electrons. The van der Waals surface area contributed by atoms with Crippen molar-refractivity contribution in [3.8, 4) is 0 Å². The molecule has 3 aromatic rings. The maximum absolute atomic E-state index is 14.5. The van der Waals surface area contributed by atoms with Gasteiger partial charge in [-0.15, -0.1) is 0 Å². The van der Waals surface area contributed by atoms with Crippen molar-refractivity contribution in [3.05, 3.63) is 82.9 Å². The monoisotopic (exact) mass is 618 g/mol. The summed E-state index contributed by atoms with van der Waals surface area (Å²) >= 11 is 6.36. The minimum absolute atomic E-state index is 0.198. The van der Waals surface area contributed by atoms with Crippen LogP contribution in [0.1, 0.15) is 30.5 Å². The van der Waals surface area contributed by atoms with Gasteiger partial charge in [0, 0.05) is 50.2 Å². The molecule has 10 nitrogen and oxygen atoms in total. The van der Waals surface area contributed by atoms with Crippen molar-refractivity contribution in [2.45, 2.75) is 37.9 Å². The maximum atomic E-state index is 14.5. The quantitative estimate of drug-likeness (QED) is 0.337. The van der Waals surface area contributed by atoms with Crippen molar-refractivity contribution in [3.63, 3.8) is 0 Å². The van der Waals surface area contributed by atoms with Crippen LogP contribution in [0.4, 0.5) is 0 Å². The number of fused-ring (bicyclic) bond motifs is 1. The summed E-state index contributed by atoms with van der Waals surface area (Å²) < 4.78 is 0. The molecule has 0 aliphatic carbocycles. The summed E-state index contributed by atoms with van der Waals surface area (Å²) in [6, 6.07) is 18.2. The van der Waals surface area contributed by atoms with E-state index in [9.17, 15) is 19.2 Å². The normalized spacial score (nSPS) is 20.3. The Hall–Kier alpha value is -3.99. The molecular formula is C33H39ClN6O4. The number of hydrogen-bond donors (Lipinski definition) is 3. The van der Waals surface area contributed by atoms with E-state index >= 15 is 0 Å². The number of benzene rings is 3. The number of nitrogens with one attached hydrogen (secondary N) is 2. The van der Waals surface area contributed by atoms with Crippen LogP contribution >= 0.6 is 11.6 Å². The Labute approximate surface area is 262 Å². The number of rotatable bonds is 9. The molecular weight excluding hydrogens is 580 g/mol. The van der Waals surface area contributed by atoms with Crippen molar-refractivity contribution in [1.29, 1.82) is 0 Å². The highest BCUT2D eigenvalue weighted by Crippen LogP contribution is 2.33. The first kappa shape index (κ1) is 31.4. The molecule has 0 bridgehead atoms. The molecule has 2 fully saturated rings. The number of carbonyl (C=O) groups is 4. The van der Waals surface area contributed by atoms with E-state index in [0.29, 0.717) is 17.0 Å². The number of hydrogen-bond acceptors (Lipinski definition) is 6. The van der Waals surface area contributed by atoms with Crippen LogP contribution in [0.2, 0.25) is 5.02 Å². The van der Waals surface area contributed by atoms with E-state index in [2.05, 4.69) is 10.6 Å². The van der Waals surface area contributed by atoms with Gasteiger partial charge >= 0.3 is 0 Å². The highest BCUT2D eigenvalue weighted by atomic mass is 35.5. The zero-order chi connectivity index (χ0) is 31.2. The molecule has 0 aromatic heterocycles. The smallest absolute Gasteiger partial charge is 0.250 e. The fourth-order valence-electron chi connectivity index (χ4n) is 6.22. The van der Waals surface area contributed by atoms with Gasteiger partial charge in [-0.05, 0) is 47.4 Å². The van der Waals surface area contributed by atoms with Crippen molar-refractivity contribution >= 4 is 46.0 Å². The van der Waals surface area contributed by atoms with E-state index in [1.165, 1.54) is 9.80 Å². The second-order valence-corrected chi connectivity index (χ2v) is 11.9. The fraction of sp³-hybridized carbons (Fsp3) is 0.394. The molecule has 4 N–H and O–H groups in total. The van der Waals surface area contributed by atoms with E-state index in [0.717, 1.165) is 42.5 Å². The predicted octanol–water partition coefficient (Wildman–Crippen LogP) is 2.10. The van der Waals surface area contributed by atoms with Gasteiger partial charge in [-0.2, -0.15) is 0 Å². The molecule has 44 heavy (non-hydrogen) atoms. The van der Waals surface area contributed by atoms with Gasteiger partial charge in [0.2, 0.25) is 17.7 Å². The number of halogens is 1. The van der Waals surface area contributed by atoms with Gasteiger partial charge in [0.1, 0.15) is 12.1 Å². The number of primary amides is 1. The zero-order valence-electron chi connectivity index (χ0n) is 24.9. The predicted molar refractivity (Wildman–Crippen MR) is 170 cm³/mol. The molecule has 5 rings (SSSR count). The van der Waals surface area contributed by atoms with E-state index in [1.54, 1.807) is 24.3 Å². The number of nitrogens with two attached hydrogens (primary N) is 1. The third kappa shape index (κ3) is 7.20.